The van der Waals surface area contributed by atoms with Crippen LogP contribution < -0.4 is 24.0 Å². The van der Waals surface area contributed by atoms with Gasteiger partial charge >= 0.3 is 0 Å². The zero-order chi connectivity index (χ0) is 41.3. The maximum atomic E-state index is 13.3. The van der Waals surface area contributed by atoms with Crippen LogP contribution >= 0.6 is 23.5 Å². The predicted molar refractivity (Wildman–Crippen MR) is 245 cm³/mol. The highest BCUT2D eigenvalue weighted by Crippen LogP contribution is 2.39. The van der Waals surface area contributed by atoms with Crippen molar-refractivity contribution in [2.45, 2.75) is 13.5 Å². The summed E-state index contributed by atoms with van der Waals surface area (Å²) in [4.78, 5) is 40.6. The van der Waals surface area contributed by atoms with Gasteiger partial charge < -0.3 is 14.2 Å². The van der Waals surface area contributed by atoms with Crippen molar-refractivity contribution in [3.05, 3.63) is 190 Å². The van der Waals surface area contributed by atoms with Crippen LogP contribution in [0.15, 0.2) is 178 Å². The average Bonchev–Trinajstić information content (AvgIpc) is 3.77. The number of thioether (sulfide) groups is 2. The molecular weight excluding hydrogens is 789 g/mol. The van der Waals surface area contributed by atoms with Crippen LogP contribution in [-0.2, 0) is 16.1 Å². The number of hydrogen-bond acceptors (Lipinski definition) is 9. The van der Waals surface area contributed by atoms with Gasteiger partial charge in [0.05, 0.1) is 40.5 Å². The summed E-state index contributed by atoms with van der Waals surface area (Å²) in [6.07, 6.45) is 3.77. The van der Waals surface area contributed by atoms with Crippen molar-refractivity contribution in [2.24, 2.45) is 9.98 Å². The Morgan fingerprint density at radius 3 is 1.77 bits per heavy atom. The molecule has 298 valence electrons. The van der Waals surface area contributed by atoms with Crippen molar-refractivity contribution < 1.29 is 23.8 Å². The number of amidine groups is 2. The van der Waals surface area contributed by atoms with Gasteiger partial charge in [0, 0.05) is 0 Å². The molecule has 9 rings (SSSR count). The van der Waals surface area contributed by atoms with Crippen LogP contribution in [0.2, 0.25) is 0 Å². The molecule has 3 heterocycles. The smallest absolute Gasteiger partial charge is 0.271 e. The molecule has 0 N–H and O–H groups in total. The number of benzene rings is 6. The molecule has 0 aliphatic carbocycles. The third kappa shape index (κ3) is 9.55. The average molecular weight is 829 g/mol. The van der Waals surface area contributed by atoms with Gasteiger partial charge in [-0.25, -0.2) is 4.99 Å². The van der Waals surface area contributed by atoms with Gasteiger partial charge in [0.1, 0.15) is 19.0 Å². The van der Waals surface area contributed by atoms with Gasteiger partial charge in [-0.1, -0.05) is 103 Å². The van der Waals surface area contributed by atoms with E-state index in [9.17, 15) is 9.59 Å². The summed E-state index contributed by atoms with van der Waals surface area (Å²) in [5, 5.41) is 1.31. The lowest BCUT2D eigenvalue weighted by atomic mass is 10.1. The first kappa shape index (κ1) is 40.0. The summed E-state index contributed by atoms with van der Waals surface area (Å²) in [6, 6.07) is 50.5. The quantitative estimate of drug-likeness (QED) is 0.141. The molecule has 3 aliphatic heterocycles. The second kappa shape index (κ2) is 18.8. The van der Waals surface area contributed by atoms with E-state index in [1.807, 2.05) is 177 Å². The molecule has 0 bridgehead atoms. The lowest BCUT2D eigenvalue weighted by Crippen LogP contribution is -2.28. The Kier molecular flexibility index (Phi) is 12.6. The van der Waals surface area contributed by atoms with Crippen LogP contribution in [0.1, 0.15) is 22.3 Å². The van der Waals surface area contributed by atoms with Crippen molar-refractivity contribution in [3.8, 4) is 17.2 Å². The van der Waals surface area contributed by atoms with E-state index in [2.05, 4.69) is 0 Å². The maximum absolute atomic E-state index is 13.3. The number of nitrogens with zero attached hydrogens (tertiary/aromatic N) is 4. The number of methoxy groups -OCH3 is 1. The van der Waals surface area contributed by atoms with E-state index < -0.39 is 0 Å². The molecule has 2 amide bonds. The van der Waals surface area contributed by atoms with Crippen LogP contribution in [0, 0.1) is 6.92 Å². The number of aryl methyl sites for hydroxylation is 1. The summed E-state index contributed by atoms with van der Waals surface area (Å²) in [7, 11) is 1.63. The van der Waals surface area contributed by atoms with Gasteiger partial charge in [-0.05, 0) is 120 Å². The number of hydrogen-bond donors (Lipinski definition) is 0. The van der Waals surface area contributed by atoms with E-state index in [4.69, 9.17) is 24.2 Å². The second-order valence-electron chi connectivity index (χ2n) is 13.7. The molecule has 11 heteroatoms. The van der Waals surface area contributed by atoms with Crippen molar-refractivity contribution >= 4 is 74.9 Å². The first-order chi connectivity index (χ1) is 29.4. The summed E-state index contributed by atoms with van der Waals surface area (Å²) in [5.74, 6) is 2.05. The minimum absolute atomic E-state index is 0.0807. The van der Waals surface area contributed by atoms with Crippen molar-refractivity contribution in [1.29, 1.82) is 0 Å². The molecule has 60 heavy (non-hydrogen) atoms. The van der Waals surface area contributed by atoms with E-state index in [0.29, 0.717) is 45.7 Å². The first-order valence-corrected chi connectivity index (χ1v) is 20.9. The number of amides is 2. The predicted octanol–water partition coefficient (Wildman–Crippen LogP) is 10.9. The topological polar surface area (TPSA) is 93.0 Å². The van der Waals surface area contributed by atoms with Crippen LogP contribution in [0.4, 0.5) is 17.1 Å². The highest BCUT2D eigenvalue weighted by Gasteiger charge is 2.36. The SMILES string of the molecule is COc1ccc(/C=C2\SC(=Nc3ccc(C)cc3)N(c3ccccc3)C2=O)cc1.O=C1/C(=C/c2ccc3c(c2)OCCO3)SC(=NCc2ccccc2)N1c1ccccc1. The van der Waals surface area contributed by atoms with Crippen LogP contribution in [0.5, 0.6) is 17.2 Å². The molecule has 0 saturated carbocycles. The molecule has 2 saturated heterocycles. The fourth-order valence-corrected chi connectivity index (χ4v) is 8.34. The third-order valence-electron chi connectivity index (χ3n) is 9.42. The zero-order valence-electron chi connectivity index (χ0n) is 32.9. The molecule has 0 spiro atoms. The van der Waals surface area contributed by atoms with Gasteiger partial charge in [0.15, 0.2) is 21.8 Å². The van der Waals surface area contributed by atoms with Crippen molar-refractivity contribution in [3.63, 3.8) is 0 Å². The van der Waals surface area contributed by atoms with Gasteiger partial charge in [-0.2, -0.15) is 0 Å². The molecule has 3 aliphatic rings. The highest BCUT2D eigenvalue weighted by molar-refractivity contribution is 8.19. The molecular formula is C49H40N4O5S2. The Morgan fingerprint density at radius 1 is 0.617 bits per heavy atom. The summed E-state index contributed by atoms with van der Waals surface area (Å²) >= 11 is 2.77. The standard InChI is InChI=1S/C25H20N2O3S.C24H20N2O2S/c28-24-23(16-19-11-12-21-22(15-19)30-14-13-29-21)31-25(26-17-18-7-3-1-4-8-18)27(24)20-9-5-2-6-10-20;1-17-8-12-19(13-9-17)25-24-26(20-6-4-3-5-7-20)23(27)22(29-24)16-18-10-14-21(28-2)15-11-18/h1-12,15-16H,13-14,17H2;3-16H,1-2H3/b23-16-,26-25?;22-16-,25-24?. The second-order valence-corrected chi connectivity index (χ2v) is 15.7. The normalized spacial score (nSPS) is 17.4. The van der Waals surface area contributed by atoms with Gasteiger partial charge in [-0.15, -0.1) is 0 Å². The van der Waals surface area contributed by atoms with Crippen LogP contribution in [-0.4, -0.2) is 42.5 Å². The molecule has 0 unspecified atom stereocenters. The summed E-state index contributed by atoms with van der Waals surface area (Å²) in [5.41, 5.74) is 6.51. The van der Waals surface area contributed by atoms with Gasteiger partial charge in [0.25, 0.3) is 11.8 Å². The van der Waals surface area contributed by atoms with Gasteiger partial charge in [-0.3, -0.25) is 24.4 Å². The molecule has 0 aromatic heterocycles. The fraction of sp³-hybridized carbons (Fsp3) is 0.102. The number of carbonyl (C=O) groups is 2. The molecule has 2 fully saturated rings. The summed E-state index contributed by atoms with van der Waals surface area (Å²) in [6.45, 7) is 3.63. The number of ether oxygens (including phenoxy) is 3. The zero-order valence-corrected chi connectivity index (χ0v) is 34.6. The fourth-order valence-electron chi connectivity index (χ4n) is 6.36. The number of para-hydroxylation sites is 2. The number of carbonyl (C=O) groups excluding carboxylic acids is 2. The van der Waals surface area contributed by atoms with Gasteiger partial charge in [0.2, 0.25) is 0 Å². The maximum Gasteiger partial charge on any atom is 0.271 e. The number of aliphatic imine (C=N–C) groups is 2. The molecule has 6 aromatic carbocycles. The van der Waals surface area contributed by atoms with E-state index >= 15 is 0 Å². The Balaban J connectivity index is 0.000000167. The molecule has 0 atom stereocenters. The number of anilines is 2. The minimum atomic E-state index is -0.0853. The van der Waals surface area contributed by atoms with Crippen LogP contribution in [0.25, 0.3) is 12.2 Å². The van der Waals surface area contributed by atoms with Crippen LogP contribution in [0.3, 0.4) is 0 Å². The largest absolute Gasteiger partial charge is 0.497 e. The Bertz CT molecular complexity index is 2600. The van der Waals surface area contributed by atoms with E-state index in [1.54, 1.807) is 16.9 Å². The number of rotatable bonds is 8. The van der Waals surface area contributed by atoms with Crippen molar-refractivity contribution in [2.75, 3.05) is 30.1 Å². The number of fused-ring (bicyclic) bond motifs is 1. The molecule has 0 radical (unpaired) electrons. The van der Waals surface area contributed by atoms with Crippen molar-refractivity contribution in [1.82, 2.24) is 0 Å². The third-order valence-corrected chi connectivity index (χ3v) is 11.4. The lowest BCUT2D eigenvalue weighted by Gasteiger charge is -2.18. The Hall–Kier alpha value is -6.82. The highest BCUT2D eigenvalue weighted by atomic mass is 32.2. The molecule has 6 aromatic rings. The minimum Gasteiger partial charge on any atom is -0.497 e. The molecule has 9 nitrogen and oxygen atoms in total. The van der Waals surface area contributed by atoms with E-state index in [1.165, 1.54) is 29.1 Å². The lowest BCUT2D eigenvalue weighted by molar-refractivity contribution is -0.114. The Labute approximate surface area is 357 Å². The summed E-state index contributed by atoms with van der Waals surface area (Å²) < 4.78 is 16.5. The van der Waals surface area contributed by atoms with E-state index in [0.717, 1.165) is 45.3 Å². The van der Waals surface area contributed by atoms with E-state index in [-0.39, 0.29) is 11.8 Å². The Morgan fingerprint density at radius 2 is 1.15 bits per heavy atom. The first-order valence-electron chi connectivity index (χ1n) is 19.3. The monoisotopic (exact) mass is 828 g/mol.